The summed E-state index contributed by atoms with van der Waals surface area (Å²) < 4.78 is 0. The third-order valence-electron chi connectivity index (χ3n) is 0. The fourth-order valence-electron chi connectivity index (χ4n) is 0. The molecule has 0 aliphatic rings. The average molecular weight is 242 g/mol. The molecule has 0 saturated carbocycles. The van der Waals surface area contributed by atoms with Crippen LogP contribution in [-0.4, -0.2) is 28.3 Å². The summed E-state index contributed by atoms with van der Waals surface area (Å²) in [5.41, 5.74) is 0. The van der Waals surface area contributed by atoms with Crippen LogP contribution >= 0.6 is 0 Å². The van der Waals surface area contributed by atoms with Crippen LogP contribution in [0.1, 0.15) is 0 Å². The molecule has 0 fully saturated rings. The zero-order valence-corrected chi connectivity index (χ0v) is 8.61. The van der Waals surface area contributed by atoms with Crippen molar-refractivity contribution in [1.29, 1.82) is 0 Å². The summed E-state index contributed by atoms with van der Waals surface area (Å²) >= 11 is 0. The van der Waals surface area contributed by atoms with Crippen LogP contribution < -0.4 is 0 Å². The molecule has 0 unspecified atom stereocenters. The molecule has 0 N–H and O–H groups in total. The van der Waals surface area contributed by atoms with E-state index in [0.717, 1.165) is 0 Å². The molecular weight excluding hydrogens is 242 g/mol. The van der Waals surface area contributed by atoms with Gasteiger partial charge in [0.25, 0.3) is 0 Å². The van der Waals surface area contributed by atoms with Gasteiger partial charge in [-0.2, -0.15) is 0 Å². The minimum absolute atomic E-state index is 0. The summed E-state index contributed by atoms with van der Waals surface area (Å²) in [5.74, 6) is 0. The van der Waals surface area contributed by atoms with Gasteiger partial charge in [0.1, 0.15) is 0 Å². The number of rotatable bonds is 0. The standard InChI is InChI=1S/Al.Mo.Si.Zr. The van der Waals surface area contributed by atoms with Gasteiger partial charge in [-0.15, -0.1) is 0 Å². The molecular formula is AlMoSiZr. The van der Waals surface area contributed by atoms with Crippen LogP contribution in [0, 0.1) is 0 Å². The molecule has 0 aromatic heterocycles. The normalized spacial score (nSPS) is 0. The van der Waals surface area contributed by atoms with E-state index in [9.17, 15) is 0 Å². The number of hydrogen-bond acceptors (Lipinski definition) is 0. The van der Waals surface area contributed by atoms with E-state index in [1.54, 1.807) is 0 Å². The van der Waals surface area contributed by atoms with Crippen molar-refractivity contribution in [1.82, 2.24) is 0 Å². The van der Waals surface area contributed by atoms with Crippen molar-refractivity contribution in [3.63, 3.8) is 0 Å². The summed E-state index contributed by atoms with van der Waals surface area (Å²) in [6, 6.07) is 0. The minimum atomic E-state index is 0. The zero-order chi connectivity index (χ0) is 0. The van der Waals surface area contributed by atoms with E-state index >= 15 is 0 Å². The first-order valence-corrected chi connectivity index (χ1v) is 0. The van der Waals surface area contributed by atoms with Gasteiger partial charge in [0.05, 0.1) is 0 Å². The summed E-state index contributed by atoms with van der Waals surface area (Å²) in [6.07, 6.45) is 0. The summed E-state index contributed by atoms with van der Waals surface area (Å²) in [4.78, 5) is 0. The van der Waals surface area contributed by atoms with Gasteiger partial charge >= 0.3 is 0 Å². The van der Waals surface area contributed by atoms with Gasteiger partial charge in [-0.3, -0.25) is 0 Å². The Hall–Kier alpha value is 2.32. The topological polar surface area (TPSA) is 0 Å². The van der Waals surface area contributed by atoms with Crippen LogP contribution in [0.25, 0.3) is 0 Å². The van der Waals surface area contributed by atoms with Crippen molar-refractivity contribution < 1.29 is 47.3 Å². The molecule has 0 atom stereocenters. The number of hydrogen-bond donors (Lipinski definition) is 0. The van der Waals surface area contributed by atoms with Crippen LogP contribution in [0.15, 0.2) is 0 Å². The van der Waals surface area contributed by atoms with E-state index in [2.05, 4.69) is 0 Å². The fraction of sp³-hybridized carbons (Fsp3) is 0. The van der Waals surface area contributed by atoms with E-state index in [4.69, 9.17) is 0 Å². The van der Waals surface area contributed by atoms with E-state index in [0.29, 0.717) is 0 Å². The van der Waals surface area contributed by atoms with E-state index in [1.165, 1.54) is 0 Å². The first-order chi connectivity index (χ1) is 0. The largest absolute Gasteiger partial charge is 0 e. The Labute approximate surface area is 74.7 Å². The van der Waals surface area contributed by atoms with Gasteiger partial charge in [0, 0.05) is 75.6 Å². The summed E-state index contributed by atoms with van der Waals surface area (Å²) in [6.45, 7) is 0. The maximum atomic E-state index is 0. The minimum Gasteiger partial charge on any atom is 0 e. The van der Waals surface area contributed by atoms with Crippen LogP contribution in [-0.2, 0) is 47.3 Å². The van der Waals surface area contributed by atoms with E-state index < -0.39 is 0 Å². The Morgan fingerprint density at radius 2 is 1.00 bits per heavy atom. The quantitative estimate of drug-likeness (QED) is 0.490. The van der Waals surface area contributed by atoms with Crippen LogP contribution in [0.3, 0.4) is 0 Å². The van der Waals surface area contributed by atoms with Gasteiger partial charge < -0.3 is 0 Å². The second kappa shape index (κ2) is 18.4. The smallest absolute Gasteiger partial charge is 0 e. The molecule has 0 aliphatic heterocycles. The zero-order valence-electron chi connectivity index (χ0n) is 1.99. The molecule has 17 valence electrons. The average Bonchev–Trinajstić information content (AvgIpc) is 0. The van der Waals surface area contributed by atoms with Gasteiger partial charge in [-0.1, -0.05) is 0 Å². The van der Waals surface area contributed by atoms with Crippen molar-refractivity contribution in [3.8, 4) is 0 Å². The summed E-state index contributed by atoms with van der Waals surface area (Å²) in [5, 5.41) is 0. The molecule has 0 spiro atoms. The van der Waals surface area contributed by atoms with Crippen LogP contribution in [0.5, 0.6) is 0 Å². The molecule has 0 aromatic carbocycles. The third kappa shape index (κ3) is 8.85. The predicted molar refractivity (Wildman–Crippen MR) is 11.5 cm³/mol. The van der Waals surface area contributed by atoms with Gasteiger partial charge in [-0.05, 0) is 0 Å². The molecule has 7 radical (unpaired) electrons. The Bertz CT molecular complexity index is 8.00. The van der Waals surface area contributed by atoms with Crippen molar-refractivity contribution in [2.75, 3.05) is 0 Å². The monoisotopic (exact) mass is 243 g/mol. The Morgan fingerprint density at radius 3 is 1.00 bits per heavy atom. The van der Waals surface area contributed by atoms with Crippen molar-refractivity contribution >= 4 is 28.3 Å². The molecule has 4 heavy (non-hydrogen) atoms. The van der Waals surface area contributed by atoms with Crippen molar-refractivity contribution in [2.24, 2.45) is 0 Å². The molecule has 0 nitrogen and oxygen atoms in total. The molecule has 0 heterocycles. The molecule has 0 rings (SSSR count). The Morgan fingerprint density at radius 1 is 1.00 bits per heavy atom. The molecule has 0 aromatic rings. The van der Waals surface area contributed by atoms with Gasteiger partial charge in [-0.25, -0.2) is 0 Å². The second-order valence-electron chi connectivity index (χ2n) is 0. The first kappa shape index (κ1) is 33.2. The predicted octanol–water partition coefficient (Wildman–Crippen LogP) is -0.767. The van der Waals surface area contributed by atoms with E-state index in [1.807, 2.05) is 0 Å². The van der Waals surface area contributed by atoms with Crippen LogP contribution in [0.2, 0.25) is 0 Å². The maximum absolute atomic E-state index is 0. The molecule has 0 aliphatic carbocycles. The summed E-state index contributed by atoms with van der Waals surface area (Å²) in [7, 11) is 0. The van der Waals surface area contributed by atoms with Crippen LogP contribution in [0.4, 0.5) is 0 Å². The SMILES string of the molecule is [Al].[Mo].[Si].[Zr]. The van der Waals surface area contributed by atoms with Crippen molar-refractivity contribution in [2.45, 2.75) is 0 Å². The molecule has 0 bridgehead atoms. The first-order valence-electron chi connectivity index (χ1n) is 0. The Balaban J connectivity index is 0. The maximum Gasteiger partial charge on any atom is 0 e. The Kier molecular flexibility index (Phi) is 153. The molecule has 4 heteroatoms. The third-order valence-corrected chi connectivity index (χ3v) is 0. The second-order valence-corrected chi connectivity index (χ2v) is 0. The van der Waals surface area contributed by atoms with Gasteiger partial charge in [0.15, 0.2) is 0 Å². The molecule has 0 saturated heterocycles. The fourth-order valence-corrected chi connectivity index (χ4v) is 0. The van der Waals surface area contributed by atoms with Crippen molar-refractivity contribution in [3.05, 3.63) is 0 Å². The molecule has 0 amide bonds. The van der Waals surface area contributed by atoms with Gasteiger partial charge in [0.2, 0.25) is 0 Å². The van der Waals surface area contributed by atoms with E-state index in [-0.39, 0.29) is 75.6 Å².